The lowest BCUT2D eigenvalue weighted by atomic mass is 9.87. The van der Waals surface area contributed by atoms with E-state index in [0.29, 0.717) is 25.7 Å². The Hall–Kier alpha value is -2.76. The number of carboxylic acids is 2. The predicted molar refractivity (Wildman–Crippen MR) is 93.4 cm³/mol. The average molecular weight is 358 g/mol. The van der Waals surface area contributed by atoms with E-state index in [-0.39, 0.29) is 11.8 Å². The Bertz CT molecular complexity index is 645. The summed E-state index contributed by atoms with van der Waals surface area (Å²) in [5.41, 5.74) is 2.08. The summed E-state index contributed by atoms with van der Waals surface area (Å²) in [5, 5.41) is 18.5. The maximum Gasteiger partial charge on any atom is 0.345 e. The van der Waals surface area contributed by atoms with Crippen LogP contribution in [-0.2, 0) is 31.9 Å². The topological polar surface area (TPSA) is 93.1 Å². The second-order valence-electron chi connectivity index (χ2n) is 6.75. The summed E-state index contributed by atoms with van der Waals surface area (Å²) in [6, 6.07) is 7.90. The van der Waals surface area contributed by atoms with E-state index in [0.717, 1.165) is 11.1 Å². The van der Waals surface area contributed by atoms with E-state index in [1.54, 1.807) is 0 Å². The van der Waals surface area contributed by atoms with E-state index in [2.05, 4.69) is 0 Å². The van der Waals surface area contributed by atoms with Gasteiger partial charge in [-0.25, -0.2) is 9.59 Å². The normalized spacial score (nSPS) is 27.4. The van der Waals surface area contributed by atoms with Crippen LogP contribution in [0.2, 0.25) is 0 Å². The molecule has 1 aromatic rings. The molecule has 0 aliphatic carbocycles. The molecular formula is C20H22O6. The van der Waals surface area contributed by atoms with E-state index in [1.807, 2.05) is 36.4 Å². The van der Waals surface area contributed by atoms with Crippen LogP contribution in [-0.4, -0.2) is 34.4 Å². The van der Waals surface area contributed by atoms with Crippen LogP contribution in [0.25, 0.3) is 0 Å². The van der Waals surface area contributed by atoms with Crippen LogP contribution < -0.4 is 0 Å². The Morgan fingerprint density at radius 1 is 0.808 bits per heavy atom. The van der Waals surface area contributed by atoms with E-state index in [4.69, 9.17) is 9.47 Å². The van der Waals surface area contributed by atoms with Crippen LogP contribution in [0.15, 0.2) is 48.9 Å². The summed E-state index contributed by atoms with van der Waals surface area (Å²) < 4.78 is 10.5. The first-order chi connectivity index (χ1) is 12.5. The molecule has 6 nitrogen and oxygen atoms in total. The Morgan fingerprint density at radius 3 is 1.54 bits per heavy atom. The quantitative estimate of drug-likeness (QED) is 0.812. The van der Waals surface area contributed by atoms with Gasteiger partial charge in [0, 0.05) is 11.8 Å². The minimum atomic E-state index is -0.943. The number of allylic oxidation sites excluding steroid dienone is 2. The zero-order chi connectivity index (χ0) is 18.5. The van der Waals surface area contributed by atoms with Gasteiger partial charge in [0.05, 0.1) is 12.5 Å². The number of hydrogen-bond acceptors (Lipinski definition) is 4. The van der Waals surface area contributed by atoms with Crippen molar-refractivity contribution in [3.63, 3.8) is 0 Å². The highest BCUT2D eigenvalue weighted by Crippen LogP contribution is 2.26. The summed E-state index contributed by atoms with van der Waals surface area (Å²) in [6.45, 7) is 0. The molecule has 2 aliphatic heterocycles. The largest absolute Gasteiger partial charge is 0.486 e. The molecule has 0 amide bonds. The van der Waals surface area contributed by atoms with Crippen LogP contribution in [0.5, 0.6) is 0 Å². The highest BCUT2D eigenvalue weighted by molar-refractivity contribution is 5.73. The summed E-state index contributed by atoms with van der Waals surface area (Å²) in [5.74, 6) is -2.09. The molecule has 0 saturated heterocycles. The van der Waals surface area contributed by atoms with E-state index in [1.165, 1.54) is 12.5 Å². The van der Waals surface area contributed by atoms with E-state index >= 15 is 0 Å². The first-order valence-corrected chi connectivity index (χ1v) is 8.69. The van der Waals surface area contributed by atoms with Gasteiger partial charge in [-0.15, -0.1) is 0 Å². The van der Waals surface area contributed by atoms with Gasteiger partial charge in [0.1, 0.15) is 0 Å². The standard InChI is InChI=1S/C20H22O6/c21-19(22)17-15(3-1-9-25-17)11-13-5-7-14(8-6-13)12-16-4-2-10-26-18(16)20(23)24/h1-2,5-10,15-18H,3-4,11-12H2,(H,21,22)(H,23,24). The number of carbonyl (C=O) groups is 2. The molecule has 0 saturated carbocycles. The van der Waals surface area contributed by atoms with Gasteiger partial charge in [-0.1, -0.05) is 24.3 Å². The molecule has 0 radical (unpaired) electrons. The van der Waals surface area contributed by atoms with Crippen LogP contribution in [0.3, 0.4) is 0 Å². The number of benzene rings is 1. The van der Waals surface area contributed by atoms with Gasteiger partial charge in [-0.3, -0.25) is 0 Å². The van der Waals surface area contributed by atoms with Gasteiger partial charge in [0.15, 0.2) is 12.2 Å². The summed E-state index contributed by atoms with van der Waals surface area (Å²) in [6.07, 6.45) is 7.56. The minimum absolute atomic E-state index is 0.100. The van der Waals surface area contributed by atoms with Crippen molar-refractivity contribution in [3.05, 3.63) is 60.1 Å². The lowest BCUT2D eigenvalue weighted by Crippen LogP contribution is -2.34. The third-order valence-electron chi connectivity index (χ3n) is 4.88. The van der Waals surface area contributed by atoms with Gasteiger partial charge >= 0.3 is 11.9 Å². The van der Waals surface area contributed by atoms with Crippen molar-refractivity contribution in [1.82, 2.24) is 0 Å². The van der Waals surface area contributed by atoms with Crippen molar-refractivity contribution in [2.24, 2.45) is 11.8 Å². The van der Waals surface area contributed by atoms with Gasteiger partial charge < -0.3 is 19.7 Å². The molecule has 0 spiro atoms. The summed E-state index contributed by atoms with van der Waals surface area (Å²) in [4.78, 5) is 22.6. The zero-order valence-corrected chi connectivity index (χ0v) is 14.3. The molecule has 0 bridgehead atoms. The van der Waals surface area contributed by atoms with E-state index < -0.39 is 24.1 Å². The second kappa shape index (κ2) is 8.08. The number of aliphatic carboxylic acids is 2. The average Bonchev–Trinajstić information content (AvgIpc) is 2.64. The van der Waals surface area contributed by atoms with Crippen LogP contribution >= 0.6 is 0 Å². The lowest BCUT2D eigenvalue weighted by molar-refractivity contribution is -0.151. The van der Waals surface area contributed by atoms with Crippen molar-refractivity contribution in [3.8, 4) is 0 Å². The molecule has 2 heterocycles. The maximum atomic E-state index is 11.3. The molecule has 26 heavy (non-hydrogen) atoms. The molecule has 2 aliphatic rings. The number of rotatable bonds is 6. The summed E-state index contributed by atoms with van der Waals surface area (Å²) in [7, 11) is 0. The van der Waals surface area contributed by atoms with Crippen LogP contribution in [0.4, 0.5) is 0 Å². The van der Waals surface area contributed by atoms with Crippen molar-refractivity contribution in [2.75, 3.05) is 0 Å². The van der Waals surface area contributed by atoms with E-state index in [9.17, 15) is 19.8 Å². The first kappa shape index (κ1) is 18.0. The second-order valence-corrected chi connectivity index (χ2v) is 6.75. The van der Waals surface area contributed by atoms with Crippen LogP contribution in [0, 0.1) is 11.8 Å². The smallest absolute Gasteiger partial charge is 0.345 e. The molecular weight excluding hydrogens is 336 g/mol. The Labute approximate surface area is 151 Å². The SMILES string of the molecule is O=C(O)C1OC=CCC1Cc1ccc(CC2CC=COC2C(=O)O)cc1. The summed E-state index contributed by atoms with van der Waals surface area (Å²) >= 11 is 0. The van der Waals surface area contributed by atoms with Crippen molar-refractivity contribution in [2.45, 2.75) is 37.9 Å². The third kappa shape index (κ3) is 4.25. The maximum absolute atomic E-state index is 11.3. The zero-order valence-electron chi connectivity index (χ0n) is 14.3. The fraction of sp³-hybridized carbons (Fsp3) is 0.400. The third-order valence-corrected chi connectivity index (χ3v) is 4.88. The number of carboxylic acid groups (broad SMARTS) is 2. The fourth-order valence-electron chi connectivity index (χ4n) is 3.53. The van der Waals surface area contributed by atoms with Crippen molar-refractivity contribution < 1.29 is 29.3 Å². The molecule has 2 N–H and O–H groups in total. The Kier molecular flexibility index (Phi) is 5.61. The van der Waals surface area contributed by atoms with Gasteiger partial charge in [0.2, 0.25) is 0 Å². The highest BCUT2D eigenvalue weighted by Gasteiger charge is 2.32. The molecule has 0 fully saturated rings. The fourth-order valence-corrected chi connectivity index (χ4v) is 3.53. The molecule has 0 aromatic heterocycles. The molecule has 6 heteroatoms. The van der Waals surface area contributed by atoms with Crippen LogP contribution in [0.1, 0.15) is 24.0 Å². The predicted octanol–water partition coefficient (Wildman–Crippen LogP) is 2.78. The highest BCUT2D eigenvalue weighted by atomic mass is 16.5. The Morgan fingerprint density at radius 2 is 1.19 bits per heavy atom. The number of hydrogen-bond donors (Lipinski definition) is 2. The molecule has 138 valence electrons. The molecule has 1 aromatic carbocycles. The number of ether oxygens (including phenoxy) is 2. The van der Waals surface area contributed by atoms with Gasteiger partial charge in [0.25, 0.3) is 0 Å². The van der Waals surface area contributed by atoms with Crippen molar-refractivity contribution in [1.29, 1.82) is 0 Å². The van der Waals surface area contributed by atoms with Crippen molar-refractivity contribution >= 4 is 11.9 Å². The molecule has 4 atom stereocenters. The molecule has 3 rings (SSSR count). The first-order valence-electron chi connectivity index (χ1n) is 8.69. The lowest BCUT2D eigenvalue weighted by Gasteiger charge is -2.26. The Balaban J connectivity index is 1.63. The minimum Gasteiger partial charge on any atom is -0.486 e. The monoisotopic (exact) mass is 358 g/mol. The van der Waals surface area contributed by atoms with Gasteiger partial charge in [-0.05, 0) is 49.0 Å². The molecule has 4 unspecified atom stereocenters. The van der Waals surface area contributed by atoms with Gasteiger partial charge in [-0.2, -0.15) is 0 Å².